The van der Waals surface area contributed by atoms with E-state index in [1.165, 1.54) is 0 Å². The molecule has 13 heavy (non-hydrogen) atoms. The number of aliphatic hydroxyl groups excluding tert-OH is 5. The Hall–Kier alpha value is -0.0105. The van der Waals surface area contributed by atoms with Crippen molar-refractivity contribution in [3.05, 3.63) is 0 Å². The van der Waals surface area contributed by atoms with E-state index in [1.54, 1.807) is 0 Å². The molecule has 0 saturated heterocycles. The first-order chi connectivity index (χ1) is 5.54. The van der Waals surface area contributed by atoms with Gasteiger partial charge in [0.15, 0.2) is 0 Å². The van der Waals surface area contributed by atoms with Gasteiger partial charge in [-0.15, -0.1) is 0 Å². The predicted molar refractivity (Wildman–Crippen MR) is 36.8 cm³/mol. The molecule has 6 nitrogen and oxygen atoms in total. The molecular weight excluding hydrogens is 224 g/mol. The first-order valence-corrected chi connectivity index (χ1v) is 3.25. The molecule has 7 heteroatoms. The summed E-state index contributed by atoms with van der Waals surface area (Å²) < 4.78 is 0. The van der Waals surface area contributed by atoms with Gasteiger partial charge in [-0.1, -0.05) is 0 Å². The summed E-state index contributed by atoms with van der Waals surface area (Å²) in [5, 5.41) is 43.4. The first-order valence-electron chi connectivity index (χ1n) is 3.25. The Morgan fingerprint density at radius 2 is 1.54 bits per heavy atom. The molecule has 0 aliphatic carbocycles. The third kappa shape index (κ3) is 4.68. The van der Waals surface area contributed by atoms with Crippen LogP contribution in [0.2, 0.25) is 0 Å². The van der Waals surface area contributed by atoms with Gasteiger partial charge in [0.1, 0.15) is 12.2 Å². The van der Waals surface area contributed by atoms with Crippen molar-refractivity contribution in [1.82, 2.24) is 0 Å². The van der Waals surface area contributed by atoms with Crippen LogP contribution in [0.3, 0.4) is 0 Å². The average Bonchev–Trinajstić information content (AvgIpc) is 2.12. The van der Waals surface area contributed by atoms with E-state index >= 15 is 0 Å². The third-order valence-electron chi connectivity index (χ3n) is 1.38. The summed E-state index contributed by atoms with van der Waals surface area (Å²) in [6.45, 7) is -0.774. The van der Waals surface area contributed by atoms with Crippen molar-refractivity contribution in [1.29, 1.82) is 0 Å². The molecule has 0 aliphatic heterocycles. The SMILES string of the molecule is O=[C-][C@H](O)[C@@H](O)[C@H](O)[C@H](O)CO.[Fe]. The van der Waals surface area contributed by atoms with E-state index in [1.807, 2.05) is 0 Å². The molecule has 0 fully saturated rings. The second-order valence-corrected chi connectivity index (χ2v) is 2.29. The standard InChI is InChI=1S/C6H11O6.Fe/c7-1-3(9)5(11)6(12)4(10)2-8;/h3-7,9-12H,1H2;/q-1;/t3-,4+,5-,6-;/m1./s1. The van der Waals surface area contributed by atoms with E-state index in [0.29, 0.717) is 0 Å². The van der Waals surface area contributed by atoms with Gasteiger partial charge in [0, 0.05) is 17.1 Å². The van der Waals surface area contributed by atoms with Crippen LogP contribution in [0.4, 0.5) is 0 Å². The smallest absolute Gasteiger partial charge is 0.108 e. The average molecular weight is 235 g/mol. The van der Waals surface area contributed by atoms with Crippen molar-refractivity contribution >= 4 is 6.29 Å². The van der Waals surface area contributed by atoms with E-state index in [-0.39, 0.29) is 17.1 Å². The summed E-state index contributed by atoms with van der Waals surface area (Å²) >= 11 is 0. The summed E-state index contributed by atoms with van der Waals surface area (Å²) in [7, 11) is 0. The van der Waals surface area contributed by atoms with E-state index in [9.17, 15) is 4.79 Å². The predicted octanol–water partition coefficient (Wildman–Crippen LogP) is -3.47. The van der Waals surface area contributed by atoms with Gasteiger partial charge in [0.2, 0.25) is 0 Å². The Morgan fingerprint density at radius 3 is 1.85 bits per heavy atom. The number of carbonyl (C=O) groups excluding carboxylic acids is 1. The minimum atomic E-state index is -1.89. The van der Waals surface area contributed by atoms with Crippen LogP contribution < -0.4 is 0 Å². The van der Waals surface area contributed by atoms with Crippen molar-refractivity contribution < 1.29 is 47.4 Å². The molecule has 0 aliphatic rings. The van der Waals surface area contributed by atoms with E-state index < -0.39 is 31.0 Å². The number of hydrogen-bond donors (Lipinski definition) is 5. The van der Waals surface area contributed by atoms with Gasteiger partial charge in [-0.3, -0.25) is 0 Å². The molecule has 0 aromatic carbocycles. The molecule has 0 amide bonds. The van der Waals surface area contributed by atoms with Crippen LogP contribution in [0.1, 0.15) is 0 Å². The molecule has 0 heterocycles. The Kier molecular flexibility index (Phi) is 8.80. The molecular formula is C6H11FeO6-. The molecule has 0 aromatic rings. The zero-order valence-corrected chi connectivity index (χ0v) is 7.62. The largest absolute Gasteiger partial charge is 0.539 e. The number of hydrogen-bond acceptors (Lipinski definition) is 6. The van der Waals surface area contributed by atoms with Gasteiger partial charge >= 0.3 is 0 Å². The van der Waals surface area contributed by atoms with Crippen LogP contribution in [0.5, 0.6) is 0 Å². The molecule has 80 valence electrons. The molecule has 5 N–H and O–H groups in total. The van der Waals surface area contributed by atoms with Gasteiger partial charge in [-0.25, -0.2) is 6.29 Å². The fraction of sp³-hybridized carbons (Fsp3) is 0.833. The van der Waals surface area contributed by atoms with Gasteiger partial charge in [0.05, 0.1) is 12.7 Å². The Balaban J connectivity index is 0. The molecule has 0 unspecified atom stereocenters. The van der Waals surface area contributed by atoms with Crippen LogP contribution in [0.25, 0.3) is 0 Å². The topological polar surface area (TPSA) is 118 Å². The summed E-state index contributed by atoms with van der Waals surface area (Å²) in [6, 6.07) is 0. The minimum absolute atomic E-state index is 0. The van der Waals surface area contributed by atoms with Crippen molar-refractivity contribution in [2.45, 2.75) is 24.4 Å². The van der Waals surface area contributed by atoms with E-state index in [4.69, 9.17) is 25.5 Å². The summed E-state index contributed by atoms with van der Waals surface area (Å²) in [4.78, 5) is 9.77. The van der Waals surface area contributed by atoms with Crippen LogP contribution in [0, 0.1) is 0 Å². The van der Waals surface area contributed by atoms with Gasteiger partial charge in [0.25, 0.3) is 0 Å². The molecule has 0 rings (SSSR count). The van der Waals surface area contributed by atoms with Crippen molar-refractivity contribution in [3.8, 4) is 0 Å². The summed E-state index contributed by atoms with van der Waals surface area (Å²) in [6.07, 6.45) is -6.07. The second kappa shape index (κ2) is 7.40. The molecule has 0 bridgehead atoms. The maximum absolute atomic E-state index is 9.77. The zero-order chi connectivity index (χ0) is 9.72. The Labute approximate surface area is 85.3 Å². The van der Waals surface area contributed by atoms with Crippen LogP contribution >= 0.6 is 0 Å². The Bertz CT molecular complexity index is 143. The molecule has 0 radical (unpaired) electrons. The van der Waals surface area contributed by atoms with Crippen molar-refractivity contribution in [2.24, 2.45) is 0 Å². The maximum atomic E-state index is 9.77. The molecule has 0 aromatic heterocycles. The van der Waals surface area contributed by atoms with Gasteiger partial charge in [-0.05, 0) is 6.10 Å². The van der Waals surface area contributed by atoms with Crippen LogP contribution in [0.15, 0.2) is 0 Å². The van der Waals surface area contributed by atoms with Crippen molar-refractivity contribution in [3.63, 3.8) is 0 Å². The van der Waals surface area contributed by atoms with Gasteiger partial charge < -0.3 is 30.3 Å². The molecule has 4 atom stereocenters. The monoisotopic (exact) mass is 235 g/mol. The molecule has 0 saturated carbocycles. The zero-order valence-electron chi connectivity index (χ0n) is 6.51. The normalized spacial score (nSPS) is 19.5. The fourth-order valence-electron chi connectivity index (χ4n) is 0.592. The first kappa shape index (κ1) is 15.5. The van der Waals surface area contributed by atoms with E-state index in [2.05, 4.69) is 0 Å². The van der Waals surface area contributed by atoms with E-state index in [0.717, 1.165) is 6.29 Å². The second-order valence-electron chi connectivity index (χ2n) is 2.29. The number of aliphatic hydroxyl groups is 5. The molecule has 0 spiro atoms. The van der Waals surface area contributed by atoms with Crippen molar-refractivity contribution in [2.75, 3.05) is 6.61 Å². The number of rotatable bonds is 5. The van der Waals surface area contributed by atoms with Crippen LogP contribution in [-0.2, 0) is 21.9 Å². The summed E-state index contributed by atoms with van der Waals surface area (Å²) in [5.41, 5.74) is 0. The summed E-state index contributed by atoms with van der Waals surface area (Å²) in [5.74, 6) is 0. The minimum Gasteiger partial charge on any atom is -0.539 e. The fourth-order valence-corrected chi connectivity index (χ4v) is 0.592. The quantitative estimate of drug-likeness (QED) is 0.249. The van der Waals surface area contributed by atoms with Gasteiger partial charge in [-0.2, -0.15) is 0 Å². The third-order valence-corrected chi connectivity index (χ3v) is 1.38. The van der Waals surface area contributed by atoms with Crippen LogP contribution in [-0.4, -0.2) is 62.8 Å². The Morgan fingerprint density at radius 1 is 1.08 bits per heavy atom. The maximum Gasteiger partial charge on any atom is 0.108 e.